The average molecular weight is 669 g/mol. The maximum Gasteiger partial charge on any atom is 0.416 e. The SMILES string of the molecule is FC(F)(F)c1ccc(-c2ccc(CN3CCN(Sc4ccc(OCC5CCCCC5)cc4)CC3)cc2)cc1.NC1CCN(C=O)CC1. The summed E-state index contributed by atoms with van der Waals surface area (Å²) in [4.78, 5) is 15.6. The van der Waals surface area contributed by atoms with Crippen molar-refractivity contribution in [1.29, 1.82) is 0 Å². The molecule has 2 N–H and O–H groups in total. The van der Waals surface area contributed by atoms with Crippen molar-refractivity contribution in [1.82, 2.24) is 14.1 Å². The molecule has 2 aliphatic heterocycles. The second kappa shape index (κ2) is 17.4. The summed E-state index contributed by atoms with van der Waals surface area (Å²) in [5.41, 5.74) is 7.92. The fourth-order valence-corrected chi connectivity index (χ4v) is 7.13. The van der Waals surface area contributed by atoms with Gasteiger partial charge in [0.25, 0.3) is 0 Å². The van der Waals surface area contributed by atoms with Gasteiger partial charge in [-0.05, 0) is 96.6 Å². The van der Waals surface area contributed by atoms with E-state index < -0.39 is 11.7 Å². The van der Waals surface area contributed by atoms with Crippen molar-refractivity contribution < 1.29 is 22.7 Å². The number of likely N-dealkylation sites (tertiary alicyclic amines) is 1. The second-order valence-electron chi connectivity index (χ2n) is 12.8. The molecule has 6 nitrogen and oxygen atoms in total. The number of halogens is 3. The number of carbonyl (C=O) groups excluding carboxylic acids is 1. The minimum absolute atomic E-state index is 0.321. The predicted molar refractivity (Wildman–Crippen MR) is 183 cm³/mol. The summed E-state index contributed by atoms with van der Waals surface area (Å²) in [5, 5.41) is 0. The second-order valence-corrected chi connectivity index (χ2v) is 14.0. The van der Waals surface area contributed by atoms with Crippen LogP contribution in [0.2, 0.25) is 0 Å². The molecule has 1 aliphatic carbocycles. The molecule has 0 unspecified atom stereocenters. The summed E-state index contributed by atoms with van der Waals surface area (Å²) in [5.74, 6) is 1.68. The van der Waals surface area contributed by atoms with E-state index in [0.717, 1.165) is 101 Å². The highest BCUT2D eigenvalue weighted by molar-refractivity contribution is 7.97. The number of piperidine rings is 1. The lowest BCUT2D eigenvalue weighted by Crippen LogP contribution is -2.42. The number of hydrogen-bond acceptors (Lipinski definition) is 6. The monoisotopic (exact) mass is 668 g/mol. The molecule has 2 heterocycles. The van der Waals surface area contributed by atoms with E-state index in [4.69, 9.17) is 10.5 Å². The Morgan fingerprint density at radius 3 is 1.94 bits per heavy atom. The zero-order valence-corrected chi connectivity index (χ0v) is 27.9. The van der Waals surface area contributed by atoms with Gasteiger partial charge in [0, 0.05) is 56.8 Å². The third-order valence-corrected chi connectivity index (χ3v) is 10.3. The molecule has 3 aromatic rings. The molecule has 6 rings (SSSR count). The lowest BCUT2D eigenvalue weighted by atomic mass is 9.90. The summed E-state index contributed by atoms with van der Waals surface area (Å²) in [7, 11) is 0. The maximum atomic E-state index is 12.8. The van der Waals surface area contributed by atoms with Crippen LogP contribution in [0, 0.1) is 5.92 Å². The lowest BCUT2D eigenvalue weighted by Gasteiger charge is -2.33. The number of piperazine rings is 1. The van der Waals surface area contributed by atoms with Crippen LogP contribution in [0.15, 0.2) is 77.7 Å². The fraction of sp³-hybridized carbons (Fsp3) is 0.486. The number of rotatable bonds is 9. The van der Waals surface area contributed by atoms with Crippen LogP contribution in [0.5, 0.6) is 5.75 Å². The highest BCUT2D eigenvalue weighted by Crippen LogP contribution is 2.32. The first-order valence-electron chi connectivity index (χ1n) is 16.8. The van der Waals surface area contributed by atoms with E-state index in [0.29, 0.717) is 12.0 Å². The largest absolute Gasteiger partial charge is 0.493 e. The normalized spacial score (nSPS) is 18.8. The number of carbonyl (C=O) groups is 1. The maximum absolute atomic E-state index is 12.8. The molecule has 3 aromatic carbocycles. The van der Waals surface area contributed by atoms with Gasteiger partial charge in [0.05, 0.1) is 12.2 Å². The van der Waals surface area contributed by atoms with Crippen molar-refractivity contribution in [3.63, 3.8) is 0 Å². The first kappa shape index (κ1) is 35.3. The van der Waals surface area contributed by atoms with Crippen LogP contribution < -0.4 is 10.5 Å². The van der Waals surface area contributed by atoms with Crippen molar-refractivity contribution in [3.05, 3.63) is 83.9 Å². The molecule has 0 aromatic heterocycles. The predicted octanol–water partition coefficient (Wildman–Crippen LogP) is 7.72. The third kappa shape index (κ3) is 11.3. The van der Waals surface area contributed by atoms with Gasteiger partial charge >= 0.3 is 6.18 Å². The standard InChI is InChI=1S/C31H35F3N2OS.C6H12N2O/c32-31(33,34)28-12-10-27(11-13-28)26-8-6-24(7-9-26)22-35-18-20-36(21-19-35)38-30-16-14-29(15-17-30)37-23-25-4-2-1-3-5-25;7-6-1-3-8(5-9)4-2-6/h6-17,25H,1-5,18-23H2;5-6H,1-4,7H2. The zero-order valence-electron chi connectivity index (χ0n) is 27.0. The Bertz CT molecular complexity index is 1350. The molecule has 10 heteroatoms. The number of amides is 1. The van der Waals surface area contributed by atoms with E-state index in [1.807, 2.05) is 24.1 Å². The van der Waals surface area contributed by atoms with Gasteiger partial charge in [-0.1, -0.05) is 55.7 Å². The van der Waals surface area contributed by atoms with E-state index in [9.17, 15) is 18.0 Å². The number of benzene rings is 3. The first-order valence-corrected chi connectivity index (χ1v) is 17.6. The number of nitrogens with zero attached hydrogens (tertiary/aromatic N) is 3. The highest BCUT2D eigenvalue weighted by atomic mass is 32.2. The van der Waals surface area contributed by atoms with E-state index >= 15 is 0 Å². The van der Waals surface area contributed by atoms with E-state index in [-0.39, 0.29) is 0 Å². The summed E-state index contributed by atoms with van der Waals surface area (Å²) in [6.45, 7) is 7.37. The molecule has 3 aliphatic rings. The van der Waals surface area contributed by atoms with Gasteiger partial charge in [-0.15, -0.1) is 0 Å². The van der Waals surface area contributed by atoms with Crippen LogP contribution in [0.25, 0.3) is 11.1 Å². The van der Waals surface area contributed by atoms with Crippen molar-refractivity contribution in [3.8, 4) is 16.9 Å². The van der Waals surface area contributed by atoms with Gasteiger partial charge in [0.1, 0.15) is 5.75 Å². The van der Waals surface area contributed by atoms with Crippen molar-refractivity contribution in [2.45, 2.75) is 68.6 Å². The minimum Gasteiger partial charge on any atom is -0.493 e. The molecule has 1 saturated carbocycles. The number of alkyl halides is 3. The first-order chi connectivity index (χ1) is 22.7. The van der Waals surface area contributed by atoms with Gasteiger partial charge in [-0.25, -0.2) is 4.31 Å². The zero-order chi connectivity index (χ0) is 33.1. The summed E-state index contributed by atoms with van der Waals surface area (Å²) >= 11 is 1.81. The molecular formula is C37H47F3N4O2S. The Balaban J connectivity index is 0.000000417. The van der Waals surface area contributed by atoms with E-state index in [1.54, 1.807) is 4.90 Å². The Hall–Kier alpha value is -3.05. The number of nitrogens with two attached hydrogens (primary N) is 1. The molecule has 3 fully saturated rings. The Labute approximate surface area is 281 Å². The van der Waals surface area contributed by atoms with Crippen molar-refractivity contribution >= 4 is 18.4 Å². The molecular weight excluding hydrogens is 621 g/mol. The Kier molecular flexibility index (Phi) is 13.0. The molecule has 0 radical (unpaired) electrons. The van der Waals surface area contributed by atoms with Crippen LogP contribution in [-0.2, 0) is 17.5 Å². The third-order valence-electron chi connectivity index (χ3n) is 9.23. The fourth-order valence-electron chi connectivity index (χ4n) is 6.23. The topological polar surface area (TPSA) is 62.0 Å². The van der Waals surface area contributed by atoms with E-state index in [1.165, 1.54) is 54.7 Å². The molecule has 0 atom stereocenters. The highest BCUT2D eigenvalue weighted by Gasteiger charge is 2.30. The van der Waals surface area contributed by atoms with Crippen molar-refractivity contribution in [2.24, 2.45) is 11.7 Å². The lowest BCUT2D eigenvalue weighted by molar-refractivity contribution is -0.137. The molecule has 0 bridgehead atoms. The quantitative estimate of drug-likeness (QED) is 0.186. The molecule has 2 saturated heterocycles. The Morgan fingerprint density at radius 2 is 1.36 bits per heavy atom. The van der Waals surface area contributed by atoms with Crippen molar-refractivity contribution in [2.75, 3.05) is 45.9 Å². The summed E-state index contributed by atoms with van der Waals surface area (Å²) in [6.07, 6.45) is 5.16. The van der Waals surface area contributed by atoms with Gasteiger partial charge < -0.3 is 15.4 Å². The minimum atomic E-state index is -4.31. The van der Waals surface area contributed by atoms with Gasteiger partial charge in [-0.2, -0.15) is 13.2 Å². The molecule has 0 spiro atoms. The van der Waals surface area contributed by atoms with Crippen LogP contribution in [0.1, 0.15) is 56.1 Å². The van der Waals surface area contributed by atoms with Crippen LogP contribution in [-0.4, -0.2) is 72.4 Å². The van der Waals surface area contributed by atoms with Crippen LogP contribution in [0.4, 0.5) is 13.2 Å². The summed E-state index contributed by atoms with van der Waals surface area (Å²) < 4.78 is 46.9. The number of ether oxygens (including phenoxy) is 1. The summed E-state index contributed by atoms with van der Waals surface area (Å²) in [6, 6.07) is 22.3. The molecule has 47 heavy (non-hydrogen) atoms. The molecule has 1 amide bonds. The van der Waals surface area contributed by atoms with Gasteiger partial charge in [0.2, 0.25) is 6.41 Å². The van der Waals surface area contributed by atoms with E-state index in [2.05, 4.69) is 45.6 Å². The average Bonchev–Trinajstić information content (AvgIpc) is 3.10. The molecule has 254 valence electrons. The number of hydrogen-bond donors (Lipinski definition) is 1. The smallest absolute Gasteiger partial charge is 0.416 e. The van der Waals surface area contributed by atoms with Gasteiger partial charge in [-0.3, -0.25) is 9.69 Å². The Morgan fingerprint density at radius 1 is 0.766 bits per heavy atom. The van der Waals surface area contributed by atoms with Crippen LogP contribution in [0.3, 0.4) is 0 Å². The van der Waals surface area contributed by atoms with Gasteiger partial charge in [0.15, 0.2) is 0 Å². The van der Waals surface area contributed by atoms with Crippen LogP contribution >= 0.6 is 11.9 Å².